The van der Waals surface area contributed by atoms with Crippen molar-refractivity contribution in [1.29, 1.82) is 0 Å². The van der Waals surface area contributed by atoms with Crippen LogP contribution in [0.25, 0.3) is 0 Å². The van der Waals surface area contributed by atoms with Gasteiger partial charge in [-0.1, -0.05) is 45.6 Å². The molecule has 0 radical (unpaired) electrons. The first-order valence-electron chi connectivity index (χ1n) is 5.51. The van der Waals surface area contributed by atoms with Crippen molar-refractivity contribution >= 4 is 5.97 Å². The summed E-state index contributed by atoms with van der Waals surface area (Å²) < 4.78 is 0. The fourth-order valence-corrected chi connectivity index (χ4v) is 1.41. The standard InChI is InChI=1S/C12H22O2/c1-4-6-7-11(5-2)9-8-10(3)12(13)14/h8,11H,4-7,9H2,1-3H3,(H,13,14). The fourth-order valence-electron chi connectivity index (χ4n) is 1.41. The molecule has 82 valence electrons. The maximum atomic E-state index is 10.5. The summed E-state index contributed by atoms with van der Waals surface area (Å²) in [6.45, 7) is 6.02. The maximum Gasteiger partial charge on any atom is 0.330 e. The Morgan fingerprint density at radius 3 is 2.50 bits per heavy atom. The fraction of sp³-hybridized carbons (Fsp3) is 0.750. The largest absolute Gasteiger partial charge is 0.478 e. The van der Waals surface area contributed by atoms with Crippen LogP contribution >= 0.6 is 0 Å². The molecule has 1 unspecified atom stereocenters. The molecule has 0 aromatic rings. The summed E-state index contributed by atoms with van der Waals surface area (Å²) in [6.07, 6.45) is 7.59. The Morgan fingerprint density at radius 2 is 2.07 bits per heavy atom. The van der Waals surface area contributed by atoms with Gasteiger partial charge in [-0.05, 0) is 19.3 Å². The third-order valence-electron chi connectivity index (χ3n) is 2.64. The molecule has 1 N–H and O–H groups in total. The van der Waals surface area contributed by atoms with Gasteiger partial charge in [0.1, 0.15) is 0 Å². The molecule has 0 saturated carbocycles. The molecule has 0 heterocycles. The second kappa shape index (κ2) is 7.60. The van der Waals surface area contributed by atoms with Gasteiger partial charge in [0.15, 0.2) is 0 Å². The van der Waals surface area contributed by atoms with Gasteiger partial charge in [0.05, 0.1) is 0 Å². The van der Waals surface area contributed by atoms with Crippen LogP contribution in [-0.2, 0) is 4.79 Å². The molecule has 0 aliphatic heterocycles. The van der Waals surface area contributed by atoms with Crippen molar-refractivity contribution in [3.63, 3.8) is 0 Å². The van der Waals surface area contributed by atoms with Crippen molar-refractivity contribution in [2.75, 3.05) is 0 Å². The smallest absolute Gasteiger partial charge is 0.330 e. The Balaban J connectivity index is 3.93. The molecule has 2 heteroatoms. The highest BCUT2D eigenvalue weighted by molar-refractivity contribution is 5.85. The number of allylic oxidation sites excluding steroid dienone is 1. The van der Waals surface area contributed by atoms with E-state index in [1.54, 1.807) is 6.92 Å². The summed E-state index contributed by atoms with van der Waals surface area (Å²) >= 11 is 0. The molecule has 1 atom stereocenters. The zero-order chi connectivity index (χ0) is 11.0. The van der Waals surface area contributed by atoms with Crippen LogP contribution in [0.1, 0.15) is 52.9 Å². The van der Waals surface area contributed by atoms with Crippen molar-refractivity contribution < 1.29 is 9.90 Å². The average Bonchev–Trinajstić information content (AvgIpc) is 2.17. The van der Waals surface area contributed by atoms with Crippen molar-refractivity contribution in [2.24, 2.45) is 5.92 Å². The van der Waals surface area contributed by atoms with Gasteiger partial charge < -0.3 is 5.11 Å². The number of unbranched alkanes of at least 4 members (excludes halogenated alkanes) is 1. The van der Waals surface area contributed by atoms with E-state index in [4.69, 9.17) is 5.11 Å². The predicted octanol–water partition coefficient (Wildman–Crippen LogP) is 3.62. The van der Waals surface area contributed by atoms with Gasteiger partial charge in [-0.15, -0.1) is 0 Å². The van der Waals surface area contributed by atoms with Crippen molar-refractivity contribution in [1.82, 2.24) is 0 Å². The van der Waals surface area contributed by atoms with Crippen molar-refractivity contribution in [2.45, 2.75) is 52.9 Å². The van der Waals surface area contributed by atoms with Gasteiger partial charge in [-0.2, -0.15) is 0 Å². The second-order valence-corrected chi connectivity index (χ2v) is 3.84. The number of hydrogen-bond donors (Lipinski definition) is 1. The minimum Gasteiger partial charge on any atom is -0.478 e. The molecule has 0 aromatic carbocycles. The van der Waals surface area contributed by atoms with E-state index in [1.165, 1.54) is 19.3 Å². The lowest BCUT2D eigenvalue weighted by atomic mass is 9.95. The summed E-state index contributed by atoms with van der Waals surface area (Å²) in [6, 6.07) is 0. The number of carboxylic acid groups (broad SMARTS) is 1. The van der Waals surface area contributed by atoms with Crippen molar-refractivity contribution in [3.05, 3.63) is 11.6 Å². The number of hydrogen-bond acceptors (Lipinski definition) is 1. The number of carboxylic acids is 1. The molecular weight excluding hydrogens is 176 g/mol. The molecule has 0 bridgehead atoms. The third kappa shape index (κ3) is 5.79. The first-order valence-corrected chi connectivity index (χ1v) is 5.51. The molecule has 2 nitrogen and oxygen atoms in total. The SMILES string of the molecule is CCCCC(CC)CC=C(C)C(=O)O. The molecule has 0 saturated heterocycles. The van der Waals surface area contributed by atoms with Gasteiger partial charge in [-0.25, -0.2) is 4.79 Å². The molecule has 0 aromatic heterocycles. The van der Waals surface area contributed by atoms with Gasteiger partial charge in [0.2, 0.25) is 0 Å². The maximum absolute atomic E-state index is 10.5. The van der Waals surface area contributed by atoms with Gasteiger partial charge in [-0.3, -0.25) is 0 Å². The summed E-state index contributed by atoms with van der Waals surface area (Å²) in [5, 5.41) is 8.68. The first-order chi connectivity index (χ1) is 6.61. The highest BCUT2D eigenvalue weighted by Gasteiger charge is 2.05. The van der Waals surface area contributed by atoms with E-state index in [0.717, 1.165) is 12.8 Å². The van der Waals surface area contributed by atoms with Crippen LogP contribution in [0.4, 0.5) is 0 Å². The van der Waals surface area contributed by atoms with Gasteiger partial charge in [0, 0.05) is 5.57 Å². The predicted molar refractivity (Wildman–Crippen MR) is 59.3 cm³/mol. The number of rotatable bonds is 7. The highest BCUT2D eigenvalue weighted by atomic mass is 16.4. The Morgan fingerprint density at radius 1 is 1.43 bits per heavy atom. The quantitative estimate of drug-likeness (QED) is 0.634. The summed E-state index contributed by atoms with van der Waals surface area (Å²) in [5.41, 5.74) is 0.472. The van der Waals surface area contributed by atoms with Crippen LogP contribution in [-0.4, -0.2) is 11.1 Å². The Bertz CT molecular complexity index is 194. The molecule has 0 fully saturated rings. The summed E-state index contributed by atoms with van der Waals surface area (Å²) in [4.78, 5) is 10.5. The number of aliphatic carboxylic acids is 1. The van der Waals surface area contributed by atoms with Crippen LogP contribution in [0.5, 0.6) is 0 Å². The van der Waals surface area contributed by atoms with E-state index in [-0.39, 0.29) is 0 Å². The van der Waals surface area contributed by atoms with Crippen LogP contribution < -0.4 is 0 Å². The topological polar surface area (TPSA) is 37.3 Å². The van der Waals surface area contributed by atoms with E-state index in [1.807, 2.05) is 6.08 Å². The van der Waals surface area contributed by atoms with Crippen LogP contribution in [0.3, 0.4) is 0 Å². The van der Waals surface area contributed by atoms with E-state index in [0.29, 0.717) is 11.5 Å². The zero-order valence-electron chi connectivity index (χ0n) is 9.55. The first kappa shape index (κ1) is 13.2. The van der Waals surface area contributed by atoms with Crippen LogP contribution in [0, 0.1) is 5.92 Å². The lowest BCUT2D eigenvalue weighted by molar-refractivity contribution is -0.132. The second-order valence-electron chi connectivity index (χ2n) is 3.84. The lowest BCUT2D eigenvalue weighted by Crippen LogP contribution is -2.00. The van der Waals surface area contributed by atoms with Crippen molar-refractivity contribution in [3.8, 4) is 0 Å². The molecule has 0 rings (SSSR count). The number of carbonyl (C=O) groups is 1. The van der Waals surface area contributed by atoms with E-state index in [2.05, 4.69) is 13.8 Å². The summed E-state index contributed by atoms with van der Waals surface area (Å²) in [5.74, 6) is -0.139. The Labute approximate surface area is 87.0 Å². The lowest BCUT2D eigenvalue weighted by Gasteiger charge is -2.11. The monoisotopic (exact) mass is 198 g/mol. The van der Waals surface area contributed by atoms with Crippen LogP contribution in [0.15, 0.2) is 11.6 Å². The van der Waals surface area contributed by atoms with E-state index in [9.17, 15) is 4.79 Å². The molecule has 14 heavy (non-hydrogen) atoms. The minimum atomic E-state index is -0.796. The molecular formula is C12H22O2. The van der Waals surface area contributed by atoms with E-state index < -0.39 is 5.97 Å². The minimum absolute atomic E-state index is 0.472. The molecule has 0 spiro atoms. The van der Waals surface area contributed by atoms with E-state index >= 15 is 0 Å². The highest BCUT2D eigenvalue weighted by Crippen LogP contribution is 2.17. The molecule has 0 aliphatic rings. The molecule has 0 amide bonds. The summed E-state index contributed by atoms with van der Waals surface area (Å²) in [7, 11) is 0. The normalized spacial score (nSPS) is 14.1. The Hall–Kier alpha value is -0.790. The van der Waals surface area contributed by atoms with Gasteiger partial charge in [0.25, 0.3) is 0 Å². The average molecular weight is 198 g/mol. The third-order valence-corrected chi connectivity index (χ3v) is 2.64. The molecule has 0 aliphatic carbocycles. The van der Waals surface area contributed by atoms with Gasteiger partial charge >= 0.3 is 5.97 Å². The van der Waals surface area contributed by atoms with Crippen LogP contribution in [0.2, 0.25) is 0 Å². The Kier molecular flexibility index (Phi) is 7.17. The zero-order valence-corrected chi connectivity index (χ0v) is 9.55.